The fourth-order valence-corrected chi connectivity index (χ4v) is 1.35. The van der Waals surface area contributed by atoms with Gasteiger partial charge in [-0.1, -0.05) is 44.7 Å². The lowest BCUT2D eigenvalue weighted by atomic mass is 10.2. The summed E-state index contributed by atoms with van der Waals surface area (Å²) in [5.41, 5.74) is 1.94. The van der Waals surface area contributed by atoms with Crippen molar-refractivity contribution < 1.29 is 5.11 Å². The van der Waals surface area contributed by atoms with E-state index in [4.69, 9.17) is 5.11 Å². The third-order valence-electron chi connectivity index (χ3n) is 2.03. The maximum Gasteiger partial charge on any atom is 0.0952 e. The zero-order valence-corrected chi connectivity index (χ0v) is 10.9. The average Bonchev–Trinajstić information content (AvgIpc) is 2.79. The van der Waals surface area contributed by atoms with Crippen LogP contribution in [0.4, 0.5) is 0 Å². The van der Waals surface area contributed by atoms with E-state index in [2.05, 4.69) is 11.6 Å². The van der Waals surface area contributed by atoms with Gasteiger partial charge in [0.1, 0.15) is 0 Å². The van der Waals surface area contributed by atoms with Crippen LogP contribution < -0.4 is 0 Å². The van der Waals surface area contributed by atoms with Gasteiger partial charge in [0.05, 0.1) is 24.8 Å². The molecule has 3 nitrogen and oxygen atoms in total. The van der Waals surface area contributed by atoms with Crippen LogP contribution >= 0.6 is 0 Å². The van der Waals surface area contributed by atoms with Gasteiger partial charge in [-0.05, 0) is 12.5 Å². The number of aliphatic hydroxyl groups is 1. The summed E-state index contributed by atoms with van der Waals surface area (Å²) in [6.45, 7) is 10.4. The molecule has 17 heavy (non-hydrogen) atoms. The second kappa shape index (κ2) is 9.60. The lowest BCUT2D eigenvalue weighted by molar-refractivity contribution is 0.271. The maximum atomic E-state index is 9.06. The minimum absolute atomic E-state index is 0.0111. The molecule has 0 unspecified atom stereocenters. The van der Waals surface area contributed by atoms with Crippen molar-refractivity contribution in [3.8, 4) is 0 Å². The standard InChI is InChI=1S/C12H16N2O.C2H6/c1-3-5-11(6-4-2)8-14-10-13-7-12(14)9-15;1-2/h3-7,10,15H,1,8-9H2,2H3;1-2H3/b6-4-,11-5+;. The Bertz CT molecular complexity index is 375. The largest absolute Gasteiger partial charge is 0.390 e. The van der Waals surface area contributed by atoms with Gasteiger partial charge in [0.15, 0.2) is 0 Å². The van der Waals surface area contributed by atoms with Crippen molar-refractivity contribution in [2.45, 2.75) is 33.9 Å². The molecule has 0 saturated carbocycles. The number of nitrogens with zero attached hydrogens (tertiary/aromatic N) is 2. The van der Waals surface area contributed by atoms with Gasteiger partial charge in [0.2, 0.25) is 0 Å². The van der Waals surface area contributed by atoms with Crippen LogP contribution in [-0.4, -0.2) is 14.7 Å². The Labute approximate surface area is 104 Å². The highest BCUT2D eigenvalue weighted by atomic mass is 16.3. The molecule has 0 atom stereocenters. The Hall–Kier alpha value is -1.61. The van der Waals surface area contributed by atoms with Gasteiger partial charge < -0.3 is 9.67 Å². The van der Waals surface area contributed by atoms with Gasteiger partial charge in [-0.2, -0.15) is 0 Å². The molecular weight excluding hydrogens is 212 g/mol. The predicted molar refractivity (Wildman–Crippen MR) is 72.6 cm³/mol. The van der Waals surface area contributed by atoms with Crippen molar-refractivity contribution >= 4 is 0 Å². The first-order valence-electron chi connectivity index (χ1n) is 5.86. The average molecular weight is 234 g/mol. The van der Waals surface area contributed by atoms with Crippen molar-refractivity contribution in [3.63, 3.8) is 0 Å². The third-order valence-corrected chi connectivity index (χ3v) is 2.03. The summed E-state index contributed by atoms with van der Waals surface area (Å²) in [5.74, 6) is 0. The van der Waals surface area contributed by atoms with Crippen LogP contribution in [0.15, 0.2) is 49.0 Å². The summed E-state index contributed by atoms with van der Waals surface area (Å²) in [7, 11) is 0. The van der Waals surface area contributed by atoms with Crippen LogP contribution in [0.2, 0.25) is 0 Å². The summed E-state index contributed by atoms with van der Waals surface area (Å²) in [6, 6.07) is 0. The van der Waals surface area contributed by atoms with E-state index in [1.54, 1.807) is 18.6 Å². The zero-order chi connectivity index (χ0) is 13.1. The molecule has 0 spiro atoms. The van der Waals surface area contributed by atoms with E-state index in [0.29, 0.717) is 6.54 Å². The first-order valence-corrected chi connectivity index (χ1v) is 5.86. The monoisotopic (exact) mass is 234 g/mol. The molecule has 0 saturated heterocycles. The molecule has 94 valence electrons. The molecule has 1 aromatic rings. The van der Waals surface area contributed by atoms with Gasteiger partial charge in [0.25, 0.3) is 0 Å². The van der Waals surface area contributed by atoms with E-state index in [9.17, 15) is 0 Å². The number of aliphatic hydroxyl groups excluding tert-OH is 1. The minimum Gasteiger partial charge on any atom is -0.390 e. The van der Waals surface area contributed by atoms with Crippen molar-refractivity contribution in [3.05, 3.63) is 54.7 Å². The Kier molecular flexibility index (Phi) is 8.69. The molecule has 0 fully saturated rings. The van der Waals surface area contributed by atoms with Crippen LogP contribution in [0, 0.1) is 0 Å². The van der Waals surface area contributed by atoms with E-state index < -0.39 is 0 Å². The second-order valence-electron chi connectivity index (χ2n) is 3.15. The third kappa shape index (κ3) is 5.31. The highest BCUT2D eigenvalue weighted by Gasteiger charge is 2.00. The van der Waals surface area contributed by atoms with Gasteiger partial charge in [-0.15, -0.1) is 0 Å². The van der Waals surface area contributed by atoms with Crippen molar-refractivity contribution in [1.82, 2.24) is 9.55 Å². The highest BCUT2D eigenvalue weighted by Crippen LogP contribution is 2.06. The van der Waals surface area contributed by atoms with Crippen molar-refractivity contribution in [1.29, 1.82) is 0 Å². The molecule has 0 amide bonds. The summed E-state index contributed by atoms with van der Waals surface area (Å²) < 4.78 is 1.91. The number of aromatic nitrogens is 2. The first-order chi connectivity index (χ1) is 8.31. The SMILES string of the molecule is C=C/C=C(\C=C/C)Cn1cncc1CO.CC. The first kappa shape index (κ1) is 15.4. The van der Waals surface area contributed by atoms with E-state index >= 15 is 0 Å². The molecule has 3 heteroatoms. The van der Waals surface area contributed by atoms with Crippen LogP contribution in [-0.2, 0) is 13.2 Å². The number of imidazole rings is 1. The molecule has 1 rings (SSSR count). The molecule has 0 aliphatic heterocycles. The summed E-state index contributed by atoms with van der Waals surface area (Å²) >= 11 is 0. The van der Waals surface area contributed by atoms with Gasteiger partial charge in [-0.25, -0.2) is 4.98 Å². The molecule has 0 aliphatic carbocycles. The smallest absolute Gasteiger partial charge is 0.0952 e. The molecule has 1 aromatic heterocycles. The normalized spacial score (nSPS) is 11.2. The lowest BCUT2D eigenvalue weighted by Gasteiger charge is -2.06. The van der Waals surface area contributed by atoms with Crippen molar-refractivity contribution in [2.75, 3.05) is 0 Å². The van der Waals surface area contributed by atoms with Crippen molar-refractivity contribution in [2.24, 2.45) is 0 Å². The second-order valence-corrected chi connectivity index (χ2v) is 3.15. The fourth-order valence-electron chi connectivity index (χ4n) is 1.35. The van der Waals surface area contributed by atoms with E-state index in [1.165, 1.54) is 0 Å². The van der Waals surface area contributed by atoms with Gasteiger partial charge in [0, 0.05) is 6.54 Å². The van der Waals surface area contributed by atoms with Gasteiger partial charge in [-0.3, -0.25) is 0 Å². The fraction of sp³-hybridized carbons (Fsp3) is 0.357. The van der Waals surface area contributed by atoms with Crippen LogP contribution in [0.3, 0.4) is 0 Å². The summed E-state index contributed by atoms with van der Waals surface area (Å²) in [5, 5.41) is 9.06. The highest BCUT2D eigenvalue weighted by molar-refractivity contribution is 5.23. The predicted octanol–water partition coefficient (Wildman–Crippen LogP) is 3.09. The zero-order valence-electron chi connectivity index (χ0n) is 10.9. The van der Waals surface area contributed by atoms with E-state index in [0.717, 1.165) is 11.3 Å². The topological polar surface area (TPSA) is 38.0 Å². The van der Waals surface area contributed by atoms with E-state index in [1.807, 2.05) is 43.6 Å². The minimum atomic E-state index is 0.0111. The van der Waals surface area contributed by atoms with Gasteiger partial charge >= 0.3 is 0 Å². The Balaban J connectivity index is 0.00000121. The Morgan fingerprint density at radius 1 is 1.53 bits per heavy atom. The number of hydrogen-bond acceptors (Lipinski definition) is 2. The summed E-state index contributed by atoms with van der Waals surface area (Å²) in [4.78, 5) is 3.99. The van der Waals surface area contributed by atoms with Crippen LogP contribution in [0.1, 0.15) is 26.5 Å². The van der Waals surface area contributed by atoms with Crippen LogP contribution in [0.5, 0.6) is 0 Å². The number of rotatable bonds is 5. The molecule has 1 heterocycles. The van der Waals surface area contributed by atoms with E-state index in [-0.39, 0.29) is 6.61 Å². The molecule has 1 N–H and O–H groups in total. The molecule has 0 bridgehead atoms. The lowest BCUT2D eigenvalue weighted by Crippen LogP contribution is -2.03. The number of hydrogen-bond donors (Lipinski definition) is 1. The quantitative estimate of drug-likeness (QED) is 0.795. The molecule has 0 aliphatic rings. The number of allylic oxidation sites excluding steroid dienone is 5. The molecule has 0 aromatic carbocycles. The summed E-state index contributed by atoms with van der Waals surface area (Å²) in [6.07, 6.45) is 11.1. The Morgan fingerprint density at radius 2 is 2.24 bits per heavy atom. The Morgan fingerprint density at radius 3 is 2.76 bits per heavy atom. The molecule has 0 radical (unpaired) electrons. The molecular formula is C14H22N2O. The van der Waals surface area contributed by atoms with Crippen LogP contribution in [0.25, 0.3) is 0 Å². The maximum absolute atomic E-state index is 9.06.